The number of fused-ring (bicyclic) bond motifs is 1. The molecule has 2 amide bonds. The summed E-state index contributed by atoms with van der Waals surface area (Å²) in [5.74, 6) is -2.43. The van der Waals surface area contributed by atoms with E-state index in [1.54, 1.807) is 20.8 Å². The molecule has 158 valence electrons. The number of carbonyl (C=O) groups is 4. The number of nitrogens with zero attached hydrogens (tertiary/aromatic N) is 1. The van der Waals surface area contributed by atoms with Crippen LogP contribution in [-0.4, -0.2) is 70.3 Å². The number of thioether (sulfide) groups is 1. The first-order valence-electron chi connectivity index (χ1n) is 8.92. The number of amides is 2. The predicted octanol–water partition coefficient (Wildman–Crippen LogP) is -0.0840. The molecule has 0 fully saturated rings. The lowest BCUT2D eigenvalue weighted by molar-refractivity contribution is -0.136. The zero-order valence-corrected chi connectivity index (χ0v) is 17.1. The van der Waals surface area contributed by atoms with Gasteiger partial charge >= 0.3 is 0 Å². The van der Waals surface area contributed by atoms with Gasteiger partial charge in [0.1, 0.15) is 11.7 Å². The predicted molar refractivity (Wildman–Crippen MR) is 104 cm³/mol. The second-order valence-electron chi connectivity index (χ2n) is 6.99. The molecule has 2 rings (SSSR count). The lowest BCUT2D eigenvalue weighted by atomic mass is 9.87. The fourth-order valence-corrected chi connectivity index (χ4v) is 3.27. The minimum Gasteiger partial charge on any atom is -0.396 e. The highest BCUT2D eigenvalue weighted by Crippen LogP contribution is 2.30. The first-order valence-corrected chi connectivity index (χ1v) is 9.90. The van der Waals surface area contributed by atoms with Crippen molar-refractivity contribution in [3.8, 4) is 0 Å². The summed E-state index contributed by atoms with van der Waals surface area (Å²) >= 11 is 1.02. The molecule has 1 aliphatic carbocycles. The molecule has 1 unspecified atom stereocenters. The third-order valence-corrected chi connectivity index (χ3v) is 5.26. The topological polar surface area (TPSA) is 159 Å². The van der Waals surface area contributed by atoms with E-state index < -0.39 is 34.9 Å². The van der Waals surface area contributed by atoms with Gasteiger partial charge in [-0.05, 0) is 6.92 Å². The Bertz CT molecular complexity index is 860. The third-order valence-electron chi connectivity index (χ3n) is 4.24. The Kier molecular flexibility index (Phi) is 7.33. The zero-order valence-electron chi connectivity index (χ0n) is 16.3. The summed E-state index contributed by atoms with van der Waals surface area (Å²) in [6.07, 6.45) is -0.290. The van der Waals surface area contributed by atoms with Crippen molar-refractivity contribution in [2.45, 2.75) is 26.9 Å². The molecule has 1 atom stereocenters. The number of nitrogens with one attached hydrogen (secondary N) is 2. The molecule has 0 spiro atoms. The number of aliphatic hydroxyl groups excluding tert-OH is 2. The van der Waals surface area contributed by atoms with Gasteiger partial charge in [-0.1, -0.05) is 19.0 Å². The maximum absolute atomic E-state index is 12.7. The monoisotopic (exact) mass is 425 g/mol. The van der Waals surface area contributed by atoms with Crippen LogP contribution in [0.2, 0.25) is 0 Å². The summed E-state index contributed by atoms with van der Waals surface area (Å²) in [6.45, 7) is 4.86. The van der Waals surface area contributed by atoms with Gasteiger partial charge in [-0.2, -0.15) is 0 Å². The number of hydrogen-bond acceptors (Lipinski definition) is 9. The molecule has 10 nitrogen and oxygen atoms in total. The molecule has 0 radical (unpaired) electrons. The van der Waals surface area contributed by atoms with Crippen molar-refractivity contribution in [2.24, 2.45) is 5.41 Å². The van der Waals surface area contributed by atoms with Crippen molar-refractivity contribution in [2.75, 3.05) is 25.4 Å². The van der Waals surface area contributed by atoms with E-state index >= 15 is 0 Å². The summed E-state index contributed by atoms with van der Waals surface area (Å²) in [5.41, 5.74) is -1.41. The van der Waals surface area contributed by atoms with Gasteiger partial charge < -0.3 is 25.4 Å². The molecule has 1 heterocycles. The molecular formula is C18H23N3O7S. The molecule has 1 aliphatic rings. The van der Waals surface area contributed by atoms with Crippen LogP contribution in [0.25, 0.3) is 0 Å². The van der Waals surface area contributed by atoms with Gasteiger partial charge in [-0.15, -0.1) is 11.8 Å². The Labute approximate surface area is 171 Å². The molecule has 29 heavy (non-hydrogen) atoms. The normalized spacial score (nSPS) is 14.9. The van der Waals surface area contributed by atoms with E-state index in [1.807, 2.05) is 0 Å². The number of ketones is 2. The molecule has 0 bridgehead atoms. The van der Waals surface area contributed by atoms with E-state index in [0.29, 0.717) is 6.54 Å². The number of rotatable bonds is 9. The van der Waals surface area contributed by atoms with Crippen molar-refractivity contribution in [1.29, 1.82) is 0 Å². The lowest BCUT2D eigenvalue weighted by Gasteiger charge is -2.27. The zero-order chi connectivity index (χ0) is 21.8. The molecule has 1 aromatic heterocycles. The number of Topliss-reactive ketones (excluding diaryl/α,β-unsaturated/α-hetero) is 1. The number of carbonyl (C=O) groups excluding carboxylic acids is 4. The third kappa shape index (κ3) is 4.92. The van der Waals surface area contributed by atoms with E-state index in [-0.39, 0.29) is 40.8 Å². The molecule has 1 aromatic rings. The number of aromatic nitrogens is 1. The van der Waals surface area contributed by atoms with Gasteiger partial charge in [0.25, 0.3) is 5.91 Å². The average Bonchev–Trinajstić information content (AvgIpc) is 3.14. The average molecular weight is 425 g/mol. The van der Waals surface area contributed by atoms with Crippen molar-refractivity contribution in [1.82, 2.24) is 15.8 Å². The Morgan fingerprint density at radius 1 is 1.31 bits per heavy atom. The maximum Gasteiger partial charge on any atom is 0.274 e. The summed E-state index contributed by atoms with van der Waals surface area (Å²) in [6, 6.07) is 0. The van der Waals surface area contributed by atoms with E-state index in [4.69, 9.17) is 4.52 Å². The van der Waals surface area contributed by atoms with Crippen LogP contribution in [0.1, 0.15) is 52.2 Å². The van der Waals surface area contributed by atoms with Crippen LogP contribution in [0, 0.1) is 5.41 Å². The van der Waals surface area contributed by atoms with Gasteiger partial charge in [0.05, 0.1) is 11.5 Å². The molecule has 0 saturated carbocycles. The van der Waals surface area contributed by atoms with Crippen LogP contribution in [0.15, 0.2) is 15.5 Å². The fraction of sp³-hybridized carbons (Fsp3) is 0.500. The molecule has 4 N–H and O–H groups in total. The lowest BCUT2D eigenvalue weighted by Crippen LogP contribution is -2.46. The van der Waals surface area contributed by atoms with E-state index in [2.05, 4.69) is 15.8 Å². The molecule has 0 aliphatic heterocycles. The highest BCUT2D eigenvalue weighted by atomic mass is 32.2. The Morgan fingerprint density at radius 3 is 2.62 bits per heavy atom. The van der Waals surface area contributed by atoms with Crippen molar-refractivity contribution in [3.63, 3.8) is 0 Å². The Balaban J connectivity index is 1.99. The van der Waals surface area contributed by atoms with Gasteiger partial charge in [-0.3, -0.25) is 19.2 Å². The molecule has 11 heteroatoms. The van der Waals surface area contributed by atoms with Crippen molar-refractivity contribution in [3.05, 3.63) is 28.0 Å². The van der Waals surface area contributed by atoms with E-state index in [9.17, 15) is 29.4 Å². The Hall–Kier alpha value is -2.50. The van der Waals surface area contributed by atoms with E-state index in [1.165, 1.54) is 0 Å². The van der Waals surface area contributed by atoms with Gasteiger partial charge in [0.15, 0.2) is 5.69 Å². The van der Waals surface area contributed by atoms with Crippen LogP contribution < -0.4 is 10.6 Å². The fourth-order valence-electron chi connectivity index (χ4n) is 2.42. The second-order valence-corrected chi connectivity index (χ2v) is 8.12. The van der Waals surface area contributed by atoms with Gasteiger partial charge in [0, 0.05) is 30.3 Å². The van der Waals surface area contributed by atoms with Crippen LogP contribution in [0.5, 0.6) is 0 Å². The maximum atomic E-state index is 12.7. The van der Waals surface area contributed by atoms with Crippen molar-refractivity contribution >= 4 is 35.1 Å². The highest BCUT2D eigenvalue weighted by molar-refractivity contribution is 8.04. The first kappa shape index (κ1) is 22.8. The highest BCUT2D eigenvalue weighted by Gasteiger charge is 2.36. The van der Waals surface area contributed by atoms with Crippen LogP contribution >= 0.6 is 11.8 Å². The minimum absolute atomic E-state index is 0.0988. The minimum atomic E-state index is -1.39. The second kappa shape index (κ2) is 9.33. The number of hydrogen-bond donors (Lipinski definition) is 4. The number of allylic oxidation sites excluding steroid dienone is 2. The smallest absolute Gasteiger partial charge is 0.274 e. The van der Waals surface area contributed by atoms with Crippen LogP contribution in [-0.2, 0) is 4.79 Å². The SMILES string of the molecule is CCNC(=O)c1noc2c1C(=O)C(SCCNC(=O)C(O)C(C)(C)CO)=CC2=O. The standard InChI is InChI=1S/C18H23N3O7S/c1-4-19-16(26)12-11-13(24)10(7-9(23)14(11)28-21-12)29-6-5-20-17(27)15(25)18(2,3)8-22/h7,15,22,25H,4-6,8H2,1-3H3,(H,19,26)(H,20,27). The van der Waals surface area contributed by atoms with E-state index in [0.717, 1.165) is 17.8 Å². The van der Waals surface area contributed by atoms with Crippen LogP contribution in [0.3, 0.4) is 0 Å². The molecule has 0 aromatic carbocycles. The summed E-state index contributed by atoms with van der Waals surface area (Å²) in [5, 5.41) is 27.7. The summed E-state index contributed by atoms with van der Waals surface area (Å²) in [4.78, 5) is 48.9. The quantitative estimate of drug-likeness (QED) is 0.397. The largest absolute Gasteiger partial charge is 0.396 e. The number of aliphatic hydroxyl groups is 2. The molecule has 0 saturated heterocycles. The molecular weight excluding hydrogens is 402 g/mol. The van der Waals surface area contributed by atoms with Gasteiger partial charge in [0.2, 0.25) is 23.2 Å². The van der Waals surface area contributed by atoms with Crippen LogP contribution in [0.4, 0.5) is 0 Å². The Morgan fingerprint density at radius 2 is 2.00 bits per heavy atom. The van der Waals surface area contributed by atoms with Crippen molar-refractivity contribution < 1.29 is 33.9 Å². The summed E-state index contributed by atoms with van der Waals surface area (Å²) in [7, 11) is 0. The van der Waals surface area contributed by atoms with Gasteiger partial charge in [-0.25, -0.2) is 0 Å². The summed E-state index contributed by atoms with van der Waals surface area (Å²) < 4.78 is 4.87. The first-order chi connectivity index (χ1) is 13.6.